The third-order valence-corrected chi connectivity index (χ3v) is 1.90. The van der Waals surface area contributed by atoms with E-state index in [2.05, 4.69) is 30.3 Å². The van der Waals surface area contributed by atoms with E-state index in [-0.39, 0.29) is 0 Å². The third kappa shape index (κ3) is 1.67. The molecule has 0 atom stereocenters. The van der Waals surface area contributed by atoms with Gasteiger partial charge in [-0.2, -0.15) is 0 Å². The van der Waals surface area contributed by atoms with Gasteiger partial charge in [0.05, 0.1) is 5.76 Å². The number of allylic oxidation sites excluding steroid dienone is 1. The van der Waals surface area contributed by atoms with Crippen molar-refractivity contribution in [1.82, 2.24) is 0 Å². The van der Waals surface area contributed by atoms with Crippen LogP contribution in [0.5, 0.6) is 0 Å². The van der Waals surface area contributed by atoms with Gasteiger partial charge in [-0.15, -0.1) is 0 Å². The number of rotatable bonds is 2. The molecule has 0 N–H and O–H groups in total. The Labute approximate surface area is 72.7 Å². The van der Waals surface area contributed by atoms with Crippen molar-refractivity contribution in [2.45, 2.75) is 12.8 Å². The van der Waals surface area contributed by atoms with Crippen LogP contribution in [0.15, 0.2) is 42.2 Å². The Hall–Kier alpha value is -1.24. The molecule has 0 amide bonds. The summed E-state index contributed by atoms with van der Waals surface area (Å²) in [5.41, 5.74) is 1.30. The molecule has 1 heterocycles. The first-order valence-electron chi connectivity index (χ1n) is 4.16. The fourth-order valence-electron chi connectivity index (χ4n) is 1.29. The summed E-state index contributed by atoms with van der Waals surface area (Å²) in [6.45, 7) is 1.83. The van der Waals surface area contributed by atoms with Gasteiger partial charge in [-0.25, -0.2) is 0 Å². The van der Waals surface area contributed by atoms with Crippen molar-refractivity contribution in [1.29, 1.82) is 0 Å². The highest BCUT2D eigenvalue weighted by atomic mass is 16.5. The maximum absolute atomic E-state index is 5.29. The molecule has 1 aliphatic rings. The molecule has 0 fully saturated rings. The molecule has 1 nitrogen and oxygen atoms in total. The van der Waals surface area contributed by atoms with E-state index in [1.54, 1.807) is 0 Å². The zero-order valence-corrected chi connectivity index (χ0v) is 6.86. The molecule has 1 aromatic carbocycles. The summed E-state index contributed by atoms with van der Waals surface area (Å²) >= 11 is 0. The van der Waals surface area contributed by atoms with Crippen LogP contribution in [0, 0.1) is 6.61 Å². The smallest absolute Gasteiger partial charge is 0.139 e. The lowest BCUT2D eigenvalue weighted by Crippen LogP contribution is -1.88. The third-order valence-electron chi connectivity index (χ3n) is 1.90. The Kier molecular flexibility index (Phi) is 2.12. The summed E-state index contributed by atoms with van der Waals surface area (Å²) in [5, 5.41) is 0. The van der Waals surface area contributed by atoms with E-state index >= 15 is 0 Å². The van der Waals surface area contributed by atoms with Gasteiger partial charge in [0.25, 0.3) is 0 Å². The molecular weight excluding hydrogens is 148 g/mol. The van der Waals surface area contributed by atoms with Crippen LogP contribution in [-0.4, -0.2) is 0 Å². The summed E-state index contributed by atoms with van der Waals surface area (Å²) in [5.74, 6) is 1.07. The molecule has 2 rings (SSSR count). The first-order valence-corrected chi connectivity index (χ1v) is 4.16. The van der Waals surface area contributed by atoms with E-state index in [1.165, 1.54) is 5.56 Å². The minimum atomic E-state index is 0.914. The van der Waals surface area contributed by atoms with Gasteiger partial charge in [-0.05, 0) is 11.6 Å². The van der Waals surface area contributed by atoms with Gasteiger partial charge in [0.15, 0.2) is 0 Å². The SMILES string of the molecule is [CH]1CC=C(Cc2ccccc2)O1. The molecule has 0 saturated heterocycles. The van der Waals surface area contributed by atoms with Crippen molar-refractivity contribution in [3.05, 3.63) is 54.3 Å². The summed E-state index contributed by atoms with van der Waals surface area (Å²) in [6, 6.07) is 10.4. The van der Waals surface area contributed by atoms with Crippen molar-refractivity contribution in [3.63, 3.8) is 0 Å². The average molecular weight is 159 g/mol. The fourth-order valence-corrected chi connectivity index (χ4v) is 1.29. The highest BCUT2D eigenvalue weighted by molar-refractivity contribution is 5.20. The van der Waals surface area contributed by atoms with Crippen LogP contribution in [-0.2, 0) is 11.2 Å². The number of benzene rings is 1. The van der Waals surface area contributed by atoms with Crippen molar-refractivity contribution in [2.75, 3.05) is 0 Å². The lowest BCUT2D eigenvalue weighted by atomic mass is 10.1. The second kappa shape index (κ2) is 3.44. The van der Waals surface area contributed by atoms with Crippen LogP contribution in [0.3, 0.4) is 0 Å². The van der Waals surface area contributed by atoms with Crippen LogP contribution in [0.25, 0.3) is 0 Å². The van der Waals surface area contributed by atoms with Crippen LogP contribution in [0.2, 0.25) is 0 Å². The Bertz CT molecular complexity index is 274. The van der Waals surface area contributed by atoms with E-state index < -0.39 is 0 Å². The molecule has 0 aliphatic carbocycles. The fraction of sp³-hybridized carbons (Fsp3) is 0.182. The monoisotopic (exact) mass is 159 g/mol. The largest absolute Gasteiger partial charge is 0.491 e. The standard InChI is InChI=1S/C11H11O/c1-2-5-10(6-3-1)9-11-7-4-8-12-11/h1-3,5-8H,4,9H2. The van der Waals surface area contributed by atoms with Gasteiger partial charge in [0, 0.05) is 12.8 Å². The molecular formula is C11H11O. The minimum absolute atomic E-state index is 0.914. The molecule has 61 valence electrons. The molecule has 0 aromatic heterocycles. The van der Waals surface area contributed by atoms with Crippen molar-refractivity contribution < 1.29 is 4.74 Å². The van der Waals surface area contributed by atoms with Gasteiger partial charge in [0.2, 0.25) is 0 Å². The Morgan fingerprint density at radius 2 is 2.00 bits per heavy atom. The van der Waals surface area contributed by atoms with Gasteiger partial charge in [-0.1, -0.05) is 30.3 Å². The second-order valence-electron chi connectivity index (χ2n) is 2.85. The Balaban J connectivity index is 2.04. The molecule has 12 heavy (non-hydrogen) atoms. The van der Waals surface area contributed by atoms with Crippen LogP contribution in [0.4, 0.5) is 0 Å². The van der Waals surface area contributed by atoms with E-state index in [0.717, 1.165) is 18.6 Å². The zero-order valence-electron chi connectivity index (χ0n) is 6.86. The quantitative estimate of drug-likeness (QED) is 0.644. The van der Waals surface area contributed by atoms with Gasteiger partial charge < -0.3 is 4.74 Å². The van der Waals surface area contributed by atoms with Gasteiger partial charge >= 0.3 is 0 Å². The summed E-state index contributed by atoms with van der Waals surface area (Å²) in [6.07, 6.45) is 3.98. The maximum atomic E-state index is 5.29. The zero-order chi connectivity index (χ0) is 8.23. The Morgan fingerprint density at radius 1 is 1.17 bits per heavy atom. The van der Waals surface area contributed by atoms with Gasteiger partial charge in [0.1, 0.15) is 6.61 Å². The second-order valence-corrected chi connectivity index (χ2v) is 2.85. The molecule has 0 saturated carbocycles. The lowest BCUT2D eigenvalue weighted by Gasteiger charge is -2.02. The summed E-state index contributed by atoms with van der Waals surface area (Å²) < 4.78 is 5.29. The predicted molar refractivity (Wildman–Crippen MR) is 48.2 cm³/mol. The first kappa shape index (κ1) is 7.41. The van der Waals surface area contributed by atoms with Gasteiger partial charge in [-0.3, -0.25) is 0 Å². The topological polar surface area (TPSA) is 9.23 Å². The molecule has 1 aromatic rings. The number of hydrogen-bond acceptors (Lipinski definition) is 1. The summed E-state index contributed by atoms with van der Waals surface area (Å²) in [4.78, 5) is 0. The van der Waals surface area contributed by atoms with E-state index in [0.29, 0.717) is 0 Å². The molecule has 0 bridgehead atoms. The minimum Gasteiger partial charge on any atom is -0.491 e. The highest BCUT2D eigenvalue weighted by Gasteiger charge is 2.05. The molecule has 1 aliphatic heterocycles. The number of ether oxygens (including phenoxy) is 1. The first-order chi connectivity index (χ1) is 5.95. The lowest BCUT2D eigenvalue weighted by molar-refractivity contribution is 0.304. The van der Waals surface area contributed by atoms with Crippen LogP contribution in [0.1, 0.15) is 12.0 Å². The van der Waals surface area contributed by atoms with E-state index in [9.17, 15) is 0 Å². The molecule has 0 spiro atoms. The van der Waals surface area contributed by atoms with E-state index in [1.807, 2.05) is 12.7 Å². The van der Waals surface area contributed by atoms with Crippen molar-refractivity contribution in [3.8, 4) is 0 Å². The normalized spacial score (nSPS) is 15.5. The van der Waals surface area contributed by atoms with Crippen LogP contribution >= 0.6 is 0 Å². The Morgan fingerprint density at radius 3 is 2.67 bits per heavy atom. The van der Waals surface area contributed by atoms with Crippen molar-refractivity contribution >= 4 is 0 Å². The maximum Gasteiger partial charge on any atom is 0.139 e. The molecule has 1 heteroatoms. The van der Waals surface area contributed by atoms with Crippen LogP contribution < -0.4 is 0 Å². The highest BCUT2D eigenvalue weighted by Crippen LogP contribution is 2.17. The summed E-state index contributed by atoms with van der Waals surface area (Å²) in [7, 11) is 0. The predicted octanol–water partition coefficient (Wildman–Crippen LogP) is 2.70. The number of hydrogen-bond donors (Lipinski definition) is 0. The average Bonchev–Trinajstić information content (AvgIpc) is 2.59. The molecule has 1 radical (unpaired) electrons. The van der Waals surface area contributed by atoms with Crippen molar-refractivity contribution in [2.24, 2.45) is 0 Å². The molecule has 0 unspecified atom stereocenters. The van der Waals surface area contributed by atoms with E-state index in [4.69, 9.17) is 4.74 Å².